The largest absolute Gasteiger partial charge is 0.351 e. The zero-order chi connectivity index (χ0) is 12.3. The Balaban J connectivity index is 2.64. The highest BCUT2D eigenvalue weighted by atomic mass is 16.2. The lowest BCUT2D eigenvalue weighted by atomic mass is 9.95. The summed E-state index contributed by atoms with van der Waals surface area (Å²) in [5.41, 5.74) is 0.982. The molecule has 0 unspecified atom stereocenters. The highest BCUT2D eigenvalue weighted by Gasteiger charge is 2.26. The normalized spacial score (nSPS) is 10.9. The maximum absolute atomic E-state index is 11.6. The SMILES string of the molecule is Cc1c(CNC(=O)C(C)(C)C#N)cnn1C. The van der Waals surface area contributed by atoms with Crippen LogP contribution in [0.4, 0.5) is 0 Å². The highest BCUT2D eigenvalue weighted by Crippen LogP contribution is 2.13. The number of aromatic nitrogens is 2. The summed E-state index contributed by atoms with van der Waals surface area (Å²) in [5, 5.41) is 15.6. The van der Waals surface area contributed by atoms with Crippen LogP contribution in [0.25, 0.3) is 0 Å². The van der Waals surface area contributed by atoms with Gasteiger partial charge in [0.15, 0.2) is 0 Å². The molecule has 1 N–H and O–H groups in total. The monoisotopic (exact) mass is 220 g/mol. The van der Waals surface area contributed by atoms with E-state index in [9.17, 15) is 4.79 Å². The zero-order valence-electron chi connectivity index (χ0n) is 10.0. The van der Waals surface area contributed by atoms with Gasteiger partial charge in [0.05, 0.1) is 12.3 Å². The molecule has 1 rings (SSSR count). The van der Waals surface area contributed by atoms with Crippen molar-refractivity contribution in [1.29, 1.82) is 5.26 Å². The van der Waals surface area contributed by atoms with Crippen LogP contribution in [0.15, 0.2) is 6.20 Å². The fourth-order valence-corrected chi connectivity index (χ4v) is 1.16. The first-order valence-electron chi connectivity index (χ1n) is 5.05. The Morgan fingerprint density at radius 1 is 1.69 bits per heavy atom. The van der Waals surface area contributed by atoms with Gasteiger partial charge in [-0.15, -0.1) is 0 Å². The van der Waals surface area contributed by atoms with Gasteiger partial charge in [-0.2, -0.15) is 10.4 Å². The topological polar surface area (TPSA) is 70.7 Å². The van der Waals surface area contributed by atoms with Gasteiger partial charge in [-0.25, -0.2) is 0 Å². The number of nitrogens with zero attached hydrogens (tertiary/aromatic N) is 3. The van der Waals surface area contributed by atoms with E-state index in [0.29, 0.717) is 6.54 Å². The summed E-state index contributed by atoms with van der Waals surface area (Å²) in [5.74, 6) is -0.266. The van der Waals surface area contributed by atoms with Gasteiger partial charge in [0.2, 0.25) is 5.91 Å². The predicted octanol–water partition coefficient (Wildman–Crippen LogP) is 0.894. The Bertz CT molecular complexity index is 439. The number of nitriles is 1. The number of aryl methyl sites for hydroxylation is 1. The number of carbonyl (C=O) groups excluding carboxylic acids is 1. The molecular formula is C11H16N4O. The molecule has 0 bridgehead atoms. The zero-order valence-corrected chi connectivity index (χ0v) is 10.0. The Kier molecular flexibility index (Phi) is 3.33. The van der Waals surface area contributed by atoms with Crippen LogP contribution in [0.2, 0.25) is 0 Å². The second-order valence-electron chi connectivity index (χ2n) is 4.30. The molecule has 1 aromatic heterocycles. The molecule has 0 aliphatic carbocycles. The number of amides is 1. The summed E-state index contributed by atoms with van der Waals surface area (Å²) < 4.78 is 1.75. The molecule has 0 saturated carbocycles. The van der Waals surface area contributed by atoms with Crippen LogP contribution < -0.4 is 5.32 Å². The molecule has 1 aromatic rings. The molecule has 5 heteroatoms. The van der Waals surface area contributed by atoms with Crippen molar-refractivity contribution in [2.75, 3.05) is 0 Å². The summed E-state index contributed by atoms with van der Waals surface area (Å²) in [7, 11) is 1.85. The van der Waals surface area contributed by atoms with Gasteiger partial charge in [0.25, 0.3) is 0 Å². The number of hydrogen-bond donors (Lipinski definition) is 1. The van der Waals surface area contributed by atoms with Crippen molar-refractivity contribution in [2.45, 2.75) is 27.3 Å². The lowest BCUT2D eigenvalue weighted by molar-refractivity contribution is -0.126. The molecule has 0 atom stereocenters. The predicted molar refractivity (Wildman–Crippen MR) is 59.2 cm³/mol. The first-order chi connectivity index (χ1) is 7.38. The third kappa shape index (κ3) is 2.40. The van der Waals surface area contributed by atoms with E-state index in [4.69, 9.17) is 5.26 Å². The molecular weight excluding hydrogens is 204 g/mol. The maximum Gasteiger partial charge on any atom is 0.240 e. The molecule has 0 fully saturated rings. The number of rotatable bonds is 3. The van der Waals surface area contributed by atoms with Crippen LogP contribution in [0, 0.1) is 23.7 Å². The Morgan fingerprint density at radius 3 is 2.75 bits per heavy atom. The maximum atomic E-state index is 11.6. The lowest BCUT2D eigenvalue weighted by Gasteiger charge is -2.14. The van der Waals surface area contributed by atoms with Crippen LogP contribution in [0.1, 0.15) is 25.1 Å². The third-order valence-corrected chi connectivity index (χ3v) is 2.62. The van der Waals surface area contributed by atoms with Gasteiger partial charge in [-0.05, 0) is 20.8 Å². The van der Waals surface area contributed by atoms with Crippen LogP contribution in [0.5, 0.6) is 0 Å². The van der Waals surface area contributed by atoms with Crippen molar-refractivity contribution < 1.29 is 4.79 Å². The van der Waals surface area contributed by atoms with Crippen molar-refractivity contribution in [2.24, 2.45) is 12.5 Å². The molecule has 0 spiro atoms. The van der Waals surface area contributed by atoms with Crippen LogP contribution in [-0.4, -0.2) is 15.7 Å². The first-order valence-corrected chi connectivity index (χ1v) is 5.05. The van der Waals surface area contributed by atoms with Crippen molar-refractivity contribution in [3.05, 3.63) is 17.5 Å². The molecule has 0 radical (unpaired) electrons. The van der Waals surface area contributed by atoms with Gasteiger partial charge in [-0.3, -0.25) is 9.48 Å². The Labute approximate surface area is 95.1 Å². The van der Waals surface area contributed by atoms with Gasteiger partial charge in [0.1, 0.15) is 5.41 Å². The van der Waals surface area contributed by atoms with Crippen LogP contribution in [0.3, 0.4) is 0 Å². The van der Waals surface area contributed by atoms with Gasteiger partial charge in [0, 0.05) is 24.8 Å². The van der Waals surface area contributed by atoms with E-state index in [1.165, 1.54) is 0 Å². The molecule has 1 amide bonds. The third-order valence-electron chi connectivity index (χ3n) is 2.62. The van der Waals surface area contributed by atoms with E-state index < -0.39 is 5.41 Å². The van der Waals surface area contributed by atoms with E-state index in [1.807, 2.05) is 20.0 Å². The van der Waals surface area contributed by atoms with Crippen molar-refractivity contribution >= 4 is 5.91 Å². The van der Waals surface area contributed by atoms with E-state index >= 15 is 0 Å². The molecule has 0 aromatic carbocycles. The van der Waals surface area contributed by atoms with Crippen molar-refractivity contribution in [3.8, 4) is 6.07 Å². The minimum Gasteiger partial charge on any atom is -0.351 e. The van der Waals surface area contributed by atoms with Crippen molar-refractivity contribution in [1.82, 2.24) is 15.1 Å². The highest BCUT2D eigenvalue weighted by molar-refractivity contribution is 5.84. The Morgan fingerprint density at radius 2 is 2.31 bits per heavy atom. The van der Waals surface area contributed by atoms with Gasteiger partial charge in [-0.1, -0.05) is 0 Å². The fourth-order valence-electron chi connectivity index (χ4n) is 1.16. The summed E-state index contributed by atoms with van der Waals surface area (Å²) in [6.45, 7) is 5.53. The summed E-state index contributed by atoms with van der Waals surface area (Å²) in [6, 6.07) is 1.96. The molecule has 16 heavy (non-hydrogen) atoms. The minimum absolute atomic E-state index is 0.266. The number of hydrogen-bond acceptors (Lipinski definition) is 3. The van der Waals surface area contributed by atoms with Gasteiger partial charge >= 0.3 is 0 Å². The average molecular weight is 220 g/mol. The number of nitrogens with one attached hydrogen (secondary N) is 1. The molecule has 0 aliphatic heterocycles. The van der Waals surface area contributed by atoms with Crippen LogP contribution >= 0.6 is 0 Å². The smallest absolute Gasteiger partial charge is 0.240 e. The second-order valence-corrected chi connectivity index (χ2v) is 4.30. The average Bonchev–Trinajstić information content (AvgIpc) is 2.56. The molecule has 0 aliphatic rings. The van der Waals surface area contributed by atoms with Gasteiger partial charge < -0.3 is 5.32 Å². The summed E-state index contributed by atoms with van der Waals surface area (Å²) in [4.78, 5) is 11.6. The minimum atomic E-state index is -0.990. The van der Waals surface area contributed by atoms with E-state index in [-0.39, 0.29) is 5.91 Å². The molecule has 0 saturated heterocycles. The number of carbonyl (C=O) groups is 1. The quantitative estimate of drug-likeness (QED) is 0.822. The molecule has 5 nitrogen and oxygen atoms in total. The van der Waals surface area contributed by atoms with Crippen molar-refractivity contribution in [3.63, 3.8) is 0 Å². The first kappa shape index (κ1) is 12.2. The van der Waals surface area contributed by atoms with E-state index in [1.54, 1.807) is 24.7 Å². The van der Waals surface area contributed by atoms with E-state index in [2.05, 4.69) is 10.4 Å². The standard InChI is InChI=1S/C11H16N4O/c1-8-9(6-14-15(8)4)5-13-10(16)11(2,3)7-12/h6H,5H2,1-4H3,(H,13,16). The lowest BCUT2D eigenvalue weighted by Crippen LogP contribution is -2.35. The Hall–Kier alpha value is -1.83. The molecule has 1 heterocycles. The van der Waals surface area contributed by atoms with Crippen LogP contribution in [-0.2, 0) is 18.4 Å². The second kappa shape index (κ2) is 4.35. The summed E-state index contributed by atoms with van der Waals surface area (Å²) >= 11 is 0. The molecule has 86 valence electrons. The fraction of sp³-hybridized carbons (Fsp3) is 0.545. The van der Waals surface area contributed by atoms with E-state index in [0.717, 1.165) is 11.3 Å². The summed E-state index contributed by atoms with van der Waals surface area (Å²) in [6.07, 6.45) is 1.72.